The van der Waals surface area contributed by atoms with Crippen LogP contribution in [-0.4, -0.2) is 6.54 Å². The van der Waals surface area contributed by atoms with Crippen LogP contribution in [0.25, 0.3) is 0 Å². The summed E-state index contributed by atoms with van der Waals surface area (Å²) in [7, 11) is 0. The highest BCUT2D eigenvalue weighted by Gasteiger charge is 2.35. The van der Waals surface area contributed by atoms with Gasteiger partial charge in [-0.3, -0.25) is 0 Å². The smallest absolute Gasteiger partial charge is 0.0107 e. The third-order valence-electron chi connectivity index (χ3n) is 3.23. The molecule has 0 bridgehead atoms. The van der Waals surface area contributed by atoms with Crippen LogP contribution in [0.15, 0.2) is 17.5 Å². The summed E-state index contributed by atoms with van der Waals surface area (Å²) >= 11 is 1.90. The zero-order valence-corrected chi connectivity index (χ0v) is 8.78. The van der Waals surface area contributed by atoms with Gasteiger partial charge in [-0.1, -0.05) is 18.9 Å². The molecular formula is C11H17NS. The van der Waals surface area contributed by atoms with E-state index >= 15 is 0 Å². The second-order valence-corrected chi connectivity index (χ2v) is 4.95. The summed E-state index contributed by atoms with van der Waals surface area (Å²) in [5, 5.41) is 2.19. The molecule has 1 aliphatic rings. The first-order valence-corrected chi connectivity index (χ1v) is 5.99. The average molecular weight is 195 g/mol. The van der Waals surface area contributed by atoms with Crippen LogP contribution in [0, 0.1) is 0 Å². The maximum Gasteiger partial charge on any atom is 0.0107 e. The summed E-state index contributed by atoms with van der Waals surface area (Å²) < 4.78 is 0. The Kier molecular flexibility index (Phi) is 2.70. The standard InChI is InChI=1S/C11H17NS/c12-8-7-11(5-1-2-6-11)10-4-3-9-13-10/h3-4,9H,1-2,5-8,12H2. The van der Waals surface area contributed by atoms with Gasteiger partial charge in [0.1, 0.15) is 0 Å². The second-order valence-electron chi connectivity index (χ2n) is 4.00. The molecule has 0 aromatic carbocycles. The van der Waals surface area contributed by atoms with E-state index in [1.54, 1.807) is 4.88 Å². The monoisotopic (exact) mass is 195 g/mol. The largest absolute Gasteiger partial charge is 0.330 e. The van der Waals surface area contributed by atoms with Crippen molar-refractivity contribution in [2.24, 2.45) is 5.73 Å². The normalized spacial score (nSPS) is 20.7. The molecule has 0 spiro atoms. The van der Waals surface area contributed by atoms with Crippen molar-refractivity contribution in [2.45, 2.75) is 37.5 Å². The van der Waals surface area contributed by atoms with E-state index in [1.165, 1.54) is 32.1 Å². The second kappa shape index (κ2) is 3.81. The van der Waals surface area contributed by atoms with Crippen molar-refractivity contribution >= 4 is 11.3 Å². The molecule has 0 saturated heterocycles. The molecule has 1 saturated carbocycles. The lowest BCUT2D eigenvalue weighted by Gasteiger charge is -2.27. The van der Waals surface area contributed by atoms with Crippen LogP contribution in [0.1, 0.15) is 37.0 Å². The van der Waals surface area contributed by atoms with Crippen LogP contribution in [0.3, 0.4) is 0 Å². The lowest BCUT2D eigenvalue weighted by atomic mass is 9.81. The molecule has 1 aliphatic carbocycles. The molecule has 0 atom stereocenters. The zero-order valence-electron chi connectivity index (χ0n) is 7.96. The van der Waals surface area contributed by atoms with Crippen LogP contribution >= 0.6 is 11.3 Å². The minimum Gasteiger partial charge on any atom is -0.330 e. The molecule has 1 aromatic rings. The van der Waals surface area contributed by atoms with Gasteiger partial charge in [0.05, 0.1) is 0 Å². The Morgan fingerprint density at radius 1 is 1.38 bits per heavy atom. The van der Waals surface area contributed by atoms with Crippen LogP contribution in [0.2, 0.25) is 0 Å². The van der Waals surface area contributed by atoms with Gasteiger partial charge in [0.2, 0.25) is 0 Å². The Balaban J connectivity index is 2.22. The fraction of sp³-hybridized carbons (Fsp3) is 0.636. The van der Waals surface area contributed by atoms with Crippen LogP contribution in [-0.2, 0) is 5.41 Å². The van der Waals surface area contributed by atoms with Gasteiger partial charge in [-0.25, -0.2) is 0 Å². The fourth-order valence-corrected chi connectivity index (χ4v) is 3.55. The molecular weight excluding hydrogens is 178 g/mol. The van der Waals surface area contributed by atoms with E-state index in [0.29, 0.717) is 5.41 Å². The molecule has 2 N–H and O–H groups in total. The van der Waals surface area contributed by atoms with Crippen LogP contribution in [0.4, 0.5) is 0 Å². The van der Waals surface area contributed by atoms with E-state index in [-0.39, 0.29) is 0 Å². The van der Waals surface area contributed by atoms with E-state index in [1.807, 2.05) is 11.3 Å². The van der Waals surface area contributed by atoms with E-state index in [9.17, 15) is 0 Å². The third kappa shape index (κ3) is 1.65. The number of nitrogens with two attached hydrogens (primary N) is 1. The van der Waals surface area contributed by atoms with Gasteiger partial charge in [-0.2, -0.15) is 0 Å². The van der Waals surface area contributed by atoms with Gasteiger partial charge in [-0.05, 0) is 37.3 Å². The molecule has 2 rings (SSSR count). The predicted octanol–water partition coefficient (Wildman–Crippen LogP) is 2.91. The van der Waals surface area contributed by atoms with Crippen molar-refractivity contribution in [3.8, 4) is 0 Å². The number of thiophene rings is 1. The van der Waals surface area contributed by atoms with Gasteiger partial charge in [-0.15, -0.1) is 11.3 Å². The number of hydrogen-bond donors (Lipinski definition) is 1. The minimum atomic E-state index is 0.461. The van der Waals surface area contributed by atoms with Gasteiger partial charge in [0.15, 0.2) is 0 Å². The Bertz CT molecular complexity index is 247. The average Bonchev–Trinajstić information content (AvgIpc) is 2.73. The van der Waals surface area contributed by atoms with E-state index in [0.717, 1.165) is 6.54 Å². The molecule has 2 heteroatoms. The lowest BCUT2D eigenvalue weighted by Crippen LogP contribution is -2.24. The highest BCUT2D eigenvalue weighted by atomic mass is 32.1. The maximum absolute atomic E-state index is 5.70. The van der Waals surface area contributed by atoms with Crippen LogP contribution < -0.4 is 5.73 Å². The SMILES string of the molecule is NCCC1(c2cccs2)CCCC1. The highest BCUT2D eigenvalue weighted by Crippen LogP contribution is 2.45. The molecule has 0 amide bonds. The Morgan fingerprint density at radius 2 is 2.15 bits per heavy atom. The molecule has 72 valence electrons. The van der Waals surface area contributed by atoms with E-state index < -0.39 is 0 Å². The molecule has 0 unspecified atom stereocenters. The maximum atomic E-state index is 5.70. The van der Waals surface area contributed by atoms with Crippen molar-refractivity contribution < 1.29 is 0 Å². The summed E-state index contributed by atoms with van der Waals surface area (Å²) in [5.74, 6) is 0. The lowest BCUT2D eigenvalue weighted by molar-refractivity contribution is 0.420. The fourth-order valence-electron chi connectivity index (χ4n) is 2.53. The first-order chi connectivity index (χ1) is 6.37. The van der Waals surface area contributed by atoms with Gasteiger partial charge in [0.25, 0.3) is 0 Å². The first-order valence-electron chi connectivity index (χ1n) is 5.11. The summed E-state index contributed by atoms with van der Waals surface area (Å²) in [5.41, 5.74) is 6.17. The summed E-state index contributed by atoms with van der Waals surface area (Å²) in [6, 6.07) is 4.45. The summed E-state index contributed by atoms with van der Waals surface area (Å²) in [6.45, 7) is 0.831. The molecule has 1 heterocycles. The van der Waals surface area contributed by atoms with Crippen molar-refractivity contribution in [1.29, 1.82) is 0 Å². The molecule has 1 fully saturated rings. The van der Waals surface area contributed by atoms with Gasteiger partial charge >= 0.3 is 0 Å². The van der Waals surface area contributed by atoms with E-state index in [2.05, 4.69) is 17.5 Å². The molecule has 0 radical (unpaired) electrons. The first kappa shape index (κ1) is 9.22. The van der Waals surface area contributed by atoms with Gasteiger partial charge < -0.3 is 5.73 Å². The number of hydrogen-bond acceptors (Lipinski definition) is 2. The third-order valence-corrected chi connectivity index (χ3v) is 4.34. The highest BCUT2D eigenvalue weighted by molar-refractivity contribution is 7.10. The zero-order chi connectivity index (χ0) is 9.15. The number of rotatable bonds is 3. The summed E-state index contributed by atoms with van der Waals surface area (Å²) in [6.07, 6.45) is 6.65. The Hall–Kier alpha value is -0.340. The summed E-state index contributed by atoms with van der Waals surface area (Å²) in [4.78, 5) is 1.57. The Morgan fingerprint density at radius 3 is 2.69 bits per heavy atom. The van der Waals surface area contributed by atoms with Crippen molar-refractivity contribution in [3.63, 3.8) is 0 Å². The Labute approximate surface area is 84.0 Å². The molecule has 1 nitrogen and oxygen atoms in total. The minimum absolute atomic E-state index is 0.461. The predicted molar refractivity (Wildman–Crippen MR) is 58.1 cm³/mol. The molecule has 0 aliphatic heterocycles. The topological polar surface area (TPSA) is 26.0 Å². The van der Waals surface area contributed by atoms with Gasteiger partial charge in [0, 0.05) is 10.3 Å². The van der Waals surface area contributed by atoms with E-state index in [4.69, 9.17) is 5.73 Å². The van der Waals surface area contributed by atoms with Crippen molar-refractivity contribution in [2.75, 3.05) is 6.54 Å². The van der Waals surface area contributed by atoms with Crippen molar-refractivity contribution in [3.05, 3.63) is 22.4 Å². The van der Waals surface area contributed by atoms with Crippen molar-refractivity contribution in [1.82, 2.24) is 0 Å². The molecule has 1 aromatic heterocycles. The quantitative estimate of drug-likeness (QED) is 0.788. The van der Waals surface area contributed by atoms with Crippen LogP contribution in [0.5, 0.6) is 0 Å². The molecule has 13 heavy (non-hydrogen) atoms.